The van der Waals surface area contributed by atoms with Crippen molar-refractivity contribution in [3.63, 3.8) is 0 Å². The van der Waals surface area contributed by atoms with E-state index in [1.54, 1.807) is 0 Å². The second-order valence-electron chi connectivity index (χ2n) is 4.46. The average Bonchev–Trinajstić information content (AvgIpc) is 2.37. The minimum absolute atomic E-state index is 0.0597. The summed E-state index contributed by atoms with van der Waals surface area (Å²) in [5.74, 6) is 0.880. The molecule has 1 aromatic carbocycles. The predicted molar refractivity (Wildman–Crippen MR) is 77.1 cm³/mol. The summed E-state index contributed by atoms with van der Waals surface area (Å²) in [6.45, 7) is 4.47. The minimum Gasteiger partial charge on any atom is -0.494 e. The summed E-state index contributed by atoms with van der Waals surface area (Å²) in [5, 5.41) is 2.77. The number of benzene rings is 1. The van der Waals surface area contributed by atoms with Gasteiger partial charge >= 0.3 is 0 Å². The zero-order chi connectivity index (χ0) is 14.1. The molecule has 3 N–H and O–H groups in total. The molecule has 106 valence electrons. The summed E-state index contributed by atoms with van der Waals surface area (Å²) >= 11 is 0. The number of nitrogens with one attached hydrogen (secondary N) is 1. The van der Waals surface area contributed by atoms with Crippen LogP contribution in [-0.2, 0) is 4.79 Å². The number of hydrogen-bond acceptors (Lipinski definition) is 4. The number of anilines is 1. The molecule has 0 aliphatic carbocycles. The van der Waals surface area contributed by atoms with Crippen molar-refractivity contribution >= 4 is 11.6 Å². The van der Waals surface area contributed by atoms with E-state index in [1.165, 1.54) is 0 Å². The number of likely N-dealkylation sites (N-methyl/N-ethyl adjacent to an activating group) is 2. The van der Waals surface area contributed by atoms with Crippen LogP contribution in [0.5, 0.6) is 5.75 Å². The lowest BCUT2D eigenvalue weighted by atomic mass is 10.3. The van der Waals surface area contributed by atoms with E-state index < -0.39 is 0 Å². The molecule has 0 aliphatic heterocycles. The molecule has 0 bridgehead atoms. The van der Waals surface area contributed by atoms with E-state index in [9.17, 15) is 4.79 Å². The third-order valence-corrected chi connectivity index (χ3v) is 2.62. The normalized spacial score (nSPS) is 10.5. The van der Waals surface area contributed by atoms with E-state index in [0.29, 0.717) is 19.7 Å². The van der Waals surface area contributed by atoms with Crippen molar-refractivity contribution in [2.24, 2.45) is 0 Å². The summed E-state index contributed by atoms with van der Waals surface area (Å²) in [6.07, 6.45) is 0.875. The highest BCUT2D eigenvalue weighted by atomic mass is 16.5. The molecule has 1 amide bonds. The van der Waals surface area contributed by atoms with Gasteiger partial charge < -0.3 is 15.8 Å². The lowest BCUT2D eigenvalue weighted by Gasteiger charge is -2.16. The van der Waals surface area contributed by atoms with Crippen LogP contribution in [0.2, 0.25) is 0 Å². The molecule has 0 aromatic heterocycles. The molecule has 0 fully saturated rings. The van der Waals surface area contributed by atoms with Crippen LogP contribution in [0.3, 0.4) is 0 Å². The fraction of sp³-hybridized carbons (Fsp3) is 0.500. The first-order chi connectivity index (χ1) is 9.11. The zero-order valence-corrected chi connectivity index (χ0v) is 11.7. The Bertz CT molecular complexity index is 379. The second kappa shape index (κ2) is 8.37. The molecule has 0 saturated carbocycles. The van der Waals surface area contributed by atoms with Gasteiger partial charge in [-0.3, -0.25) is 9.69 Å². The van der Waals surface area contributed by atoms with Crippen molar-refractivity contribution in [2.75, 3.05) is 39.0 Å². The van der Waals surface area contributed by atoms with Gasteiger partial charge in [0.25, 0.3) is 0 Å². The Morgan fingerprint density at radius 1 is 1.37 bits per heavy atom. The number of carbonyl (C=O) groups excluding carboxylic acids is 1. The molecule has 0 heterocycles. The van der Waals surface area contributed by atoms with Crippen molar-refractivity contribution in [1.29, 1.82) is 0 Å². The molecule has 5 nitrogen and oxygen atoms in total. The van der Waals surface area contributed by atoms with Gasteiger partial charge in [0.2, 0.25) is 5.91 Å². The largest absolute Gasteiger partial charge is 0.494 e. The summed E-state index contributed by atoms with van der Waals surface area (Å²) < 4.78 is 5.58. The maximum absolute atomic E-state index is 11.3. The van der Waals surface area contributed by atoms with Gasteiger partial charge in [-0.05, 0) is 44.7 Å². The zero-order valence-electron chi connectivity index (χ0n) is 11.7. The van der Waals surface area contributed by atoms with Crippen molar-refractivity contribution in [3.8, 4) is 5.75 Å². The van der Waals surface area contributed by atoms with Crippen molar-refractivity contribution < 1.29 is 9.53 Å². The molecule has 0 unspecified atom stereocenters. The summed E-state index contributed by atoms with van der Waals surface area (Å²) in [7, 11) is 1.93. The Kier molecular flexibility index (Phi) is 6.74. The Morgan fingerprint density at radius 2 is 2.05 bits per heavy atom. The Labute approximate surface area is 114 Å². The number of ether oxygens (including phenoxy) is 1. The van der Waals surface area contributed by atoms with Gasteiger partial charge in [0.15, 0.2) is 0 Å². The molecule has 0 aliphatic rings. The first-order valence-electron chi connectivity index (χ1n) is 6.55. The lowest BCUT2D eigenvalue weighted by Crippen LogP contribution is -2.35. The molecule has 0 atom stereocenters. The number of hydrogen-bond donors (Lipinski definition) is 2. The van der Waals surface area contributed by atoms with Crippen molar-refractivity contribution in [2.45, 2.75) is 13.3 Å². The van der Waals surface area contributed by atoms with Crippen LogP contribution in [0.1, 0.15) is 13.3 Å². The van der Waals surface area contributed by atoms with E-state index in [0.717, 1.165) is 24.4 Å². The van der Waals surface area contributed by atoms with E-state index >= 15 is 0 Å². The summed E-state index contributed by atoms with van der Waals surface area (Å²) in [4.78, 5) is 13.3. The smallest absolute Gasteiger partial charge is 0.234 e. The Hall–Kier alpha value is -1.75. The Balaban J connectivity index is 2.13. The highest BCUT2D eigenvalue weighted by molar-refractivity contribution is 5.77. The van der Waals surface area contributed by atoms with Crippen LogP contribution < -0.4 is 15.8 Å². The summed E-state index contributed by atoms with van der Waals surface area (Å²) in [6, 6.07) is 7.34. The molecule has 0 radical (unpaired) electrons. The number of nitrogens with two attached hydrogens (primary N) is 1. The minimum atomic E-state index is 0.0597. The van der Waals surface area contributed by atoms with Crippen LogP contribution in [-0.4, -0.2) is 44.1 Å². The van der Waals surface area contributed by atoms with E-state index in [4.69, 9.17) is 10.5 Å². The lowest BCUT2D eigenvalue weighted by molar-refractivity contribution is -0.121. The second-order valence-corrected chi connectivity index (χ2v) is 4.46. The standard InChI is InChI=1S/C14H23N3O2/c1-3-16-14(18)11-17(2)9-4-10-19-13-7-5-12(15)6-8-13/h5-8H,3-4,9-11,15H2,1-2H3,(H,16,18). The fourth-order valence-electron chi connectivity index (χ4n) is 1.67. The number of nitrogen functional groups attached to an aromatic ring is 1. The molecular formula is C14H23N3O2. The molecule has 19 heavy (non-hydrogen) atoms. The van der Waals surface area contributed by atoms with Crippen molar-refractivity contribution in [3.05, 3.63) is 24.3 Å². The quantitative estimate of drug-likeness (QED) is 0.546. The van der Waals surface area contributed by atoms with Crippen LogP contribution in [0, 0.1) is 0 Å². The fourth-order valence-corrected chi connectivity index (χ4v) is 1.67. The number of carbonyl (C=O) groups is 1. The first kappa shape index (κ1) is 15.3. The van der Waals surface area contributed by atoms with E-state index in [2.05, 4.69) is 5.32 Å². The van der Waals surface area contributed by atoms with E-state index in [1.807, 2.05) is 43.1 Å². The third-order valence-electron chi connectivity index (χ3n) is 2.62. The molecular weight excluding hydrogens is 242 g/mol. The number of rotatable bonds is 8. The molecule has 1 aromatic rings. The highest BCUT2D eigenvalue weighted by Gasteiger charge is 2.04. The van der Waals surface area contributed by atoms with Gasteiger partial charge in [-0.2, -0.15) is 0 Å². The molecule has 0 spiro atoms. The van der Waals surface area contributed by atoms with Crippen LogP contribution in [0.4, 0.5) is 5.69 Å². The molecule has 0 saturated heterocycles. The summed E-state index contributed by atoms with van der Waals surface area (Å²) in [5.41, 5.74) is 6.32. The van der Waals surface area contributed by atoms with Crippen LogP contribution >= 0.6 is 0 Å². The first-order valence-corrected chi connectivity index (χ1v) is 6.55. The monoisotopic (exact) mass is 265 g/mol. The topological polar surface area (TPSA) is 67.6 Å². The van der Waals surface area contributed by atoms with E-state index in [-0.39, 0.29) is 5.91 Å². The van der Waals surface area contributed by atoms with Gasteiger partial charge in [0, 0.05) is 18.8 Å². The maximum Gasteiger partial charge on any atom is 0.234 e. The Morgan fingerprint density at radius 3 is 2.68 bits per heavy atom. The van der Waals surface area contributed by atoms with Gasteiger partial charge in [-0.15, -0.1) is 0 Å². The highest BCUT2D eigenvalue weighted by Crippen LogP contribution is 2.13. The SMILES string of the molecule is CCNC(=O)CN(C)CCCOc1ccc(N)cc1. The maximum atomic E-state index is 11.3. The van der Waals surface area contributed by atoms with Crippen LogP contribution in [0.15, 0.2) is 24.3 Å². The average molecular weight is 265 g/mol. The number of nitrogens with zero attached hydrogens (tertiary/aromatic N) is 1. The predicted octanol–water partition coefficient (Wildman–Crippen LogP) is 1.11. The van der Waals surface area contributed by atoms with Gasteiger partial charge in [-0.1, -0.05) is 0 Å². The van der Waals surface area contributed by atoms with Gasteiger partial charge in [-0.25, -0.2) is 0 Å². The number of amides is 1. The van der Waals surface area contributed by atoms with Crippen LogP contribution in [0.25, 0.3) is 0 Å². The molecule has 1 rings (SSSR count). The van der Waals surface area contributed by atoms with Gasteiger partial charge in [0.1, 0.15) is 5.75 Å². The molecule has 5 heteroatoms. The van der Waals surface area contributed by atoms with Gasteiger partial charge in [0.05, 0.1) is 13.2 Å². The third kappa shape index (κ3) is 6.67. The van der Waals surface area contributed by atoms with Crippen molar-refractivity contribution in [1.82, 2.24) is 10.2 Å².